The number of amides is 1. The van der Waals surface area contributed by atoms with Gasteiger partial charge in [-0.15, -0.1) is 0 Å². The lowest BCUT2D eigenvalue weighted by Gasteiger charge is -2.12. The summed E-state index contributed by atoms with van der Waals surface area (Å²) in [6, 6.07) is 12.3. The fraction of sp³-hybridized carbons (Fsp3) is 0.273. The van der Waals surface area contributed by atoms with E-state index in [2.05, 4.69) is 27.4 Å². The third kappa shape index (κ3) is 5.93. The molecule has 2 N–H and O–H groups in total. The zero-order valence-electron chi connectivity index (χ0n) is 16.7. The van der Waals surface area contributed by atoms with Crippen LogP contribution in [0.4, 0.5) is 5.69 Å². The summed E-state index contributed by atoms with van der Waals surface area (Å²) < 4.78 is 32.9. The molecule has 1 atom stereocenters. The second kappa shape index (κ2) is 10.1. The SMILES string of the molecule is CCOc1ccc(S(=O)(=O)Nc2ccc(C(=O)NN=C[C@@H]3CC=CCC3)cc2)cc1. The first-order chi connectivity index (χ1) is 14.5. The molecule has 0 bridgehead atoms. The van der Waals surface area contributed by atoms with Crippen LogP contribution < -0.4 is 14.9 Å². The van der Waals surface area contributed by atoms with Crippen molar-refractivity contribution in [1.82, 2.24) is 5.43 Å². The number of nitrogens with zero attached hydrogens (tertiary/aromatic N) is 1. The van der Waals surface area contributed by atoms with Crippen molar-refractivity contribution in [2.24, 2.45) is 11.0 Å². The van der Waals surface area contributed by atoms with E-state index >= 15 is 0 Å². The molecule has 0 spiro atoms. The van der Waals surface area contributed by atoms with Gasteiger partial charge in [-0.05, 0) is 80.6 Å². The van der Waals surface area contributed by atoms with Gasteiger partial charge in [0.2, 0.25) is 0 Å². The predicted octanol–water partition coefficient (Wildman–Crippen LogP) is 3.96. The lowest BCUT2D eigenvalue weighted by Crippen LogP contribution is -2.19. The van der Waals surface area contributed by atoms with Gasteiger partial charge in [-0.1, -0.05) is 12.2 Å². The third-order valence-electron chi connectivity index (χ3n) is 4.61. The summed E-state index contributed by atoms with van der Waals surface area (Å²) in [5.74, 6) is 0.600. The average Bonchev–Trinajstić information content (AvgIpc) is 2.75. The first-order valence-electron chi connectivity index (χ1n) is 9.82. The van der Waals surface area contributed by atoms with Gasteiger partial charge < -0.3 is 4.74 Å². The first-order valence-corrected chi connectivity index (χ1v) is 11.3. The van der Waals surface area contributed by atoms with Crippen molar-refractivity contribution in [3.8, 4) is 5.75 Å². The lowest BCUT2D eigenvalue weighted by molar-refractivity contribution is 0.0955. The number of carbonyl (C=O) groups excluding carboxylic acids is 1. The molecule has 1 aliphatic rings. The number of hydrogen-bond acceptors (Lipinski definition) is 5. The van der Waals surface area contributed by atoms with E-state index in [9.17, 15) is 13.2 Å². The van der Waals surface area contributed by atoms with E-state index in [1.165, 1.54) is 24.3 Å². The molecule has 8 heteroatoms. The smallest absolute Gasteiger partial charge is 0.271 e. The number of carbonyl (C=O) groups is 1. The molecule has 0 fully saturated rings. The summed E-state index contributed by atoms with van der Waals surface area (Å²) in [5.41, 5.74) is 3.26. The molecule has 3 rings (SSSR count). The molecule has 7 nitrogen and oxygen atoms in total. The van der Waals surface area contributed by atoms with Crippen molar-refractivity contribution in [3.05, 3.63) is 66.2 Å². The standard InChI is InChI=1S/C22H25N3O4S/c1-2-29-20-12-14-21(15-13-20)30(27,28)25-19-10-8-18(9-11-19)22(26)24-23-16-17-6-4-3-5-7-17/h3-4,8-17,25H,2,5-7H2,1H3,(H,24,26)/t17-/m1/s1. The highest BCUT2D eigenvalue weighted by Crippen LogP contribution is 2.20. The molecule has 0 radical (unpaired) electrons. The van der Waals surface area contributed by atoms with Crippen LogP contribution in [-0.4, -0.2) is 27.1 Å². The zero-order chi connectivity index (χ0) is 21.4. The molecule has 0 heterocycles. The summed E-state index contributed by atoms with van der Waals surface area (Å²) in [7, 11) is -3.74. The van der Waals surface area contributed by atoms with Crippen LogP contribution in [0.15, 0.2) is 70.7 Å². The largest absolute Gasteiger partial charge is 0.494 e. The van der Waals surface area contributed by atoms with E-state index < -0.39 is 10.0 Å². The number of benzene rings is 2. The summed E-state index contributed by atoms with van der Waals surface area (Å²) >= 11 is 0. The Kier molecular flexibility index (Phi) is 7.24. The van der Waals surface area contributed by atoms with Gasteiger partial charge in [0.15, 0.2) is 0 Å². The fourth-order valence-corrected chi connectivity index (χ4v) is 4.06. The van der Waals surface area contributed by atoms with Crippen LogP contribution in [0.5, 0.6) is 5.75 Å². The van der Waals surface area contributed by atoms with Crippen LogP contribution in [0.1, 0.15) is 36.5 Å². The van der Waals surface area contributed by atoms with Crippen LogP contribution in [0.2, 0.25) is 0 Å². The highest BCUT2D eigenvalue weighted by atomic mass is 32.2. The normalized spacial score (nSPS) is 16.4. The minimum Gasteiger partial charge on any atom is -0.494 e. The monoisotopic (exact) mass is 427 g/mol. The molecule has 2 aromatic rings. The molecular formula is C22H25N3O4S. The predicted molar refractivity (Wildman–Crippen MR) is 117 cm³/mol. The maximum atomic E-state index is 12.5. The van der Waals surface area contributed by atoms with Crippen molar-refractivity contribution >= 4 is 27.8 Å². The van der Waals surface area contributed by atoms with Gasteiger partial charge in [0, 0.05) is 17.5 Å². The van der Waals surface area contributed by atoms with Gasteiger partial charge in [-0.25, -0.2) is 13.8 Å². The second-order valence-electron chi connectivity index (χ2n) is 6.85. The maximum Gasteiger partial charge on any atom is 0.271 e. The summed E-state index contributed by atoms with van der Waals surface area (Å²) in [4.78, 5) is 12.3. The molecule has 1 amide bonds. The Morgan fingerprint density at radius 2 is 1.87 bits per heavy atom. The number of nitrogens with one attached hydrogen (secondary N) is 2. The quantitative estimate of drug-likeness (QED) is 0.379. The number of hydrazone groups is 1. The molecule has 0 unspecified atom stereocenters. The molecule has 0 aromatic heterocycles. The Morgan fingerprint density at radius 3 is 2.50 bits per heavy atom. The molecule has 2 aromatic carbocycles. The summed E-state index contributed by atoms with van der Waals surface area (Å²) in [5, 5.41) is 4.03. The Labute approximate surface area is 176 Å². The van der Waals surface area contributed by atoms with Gasteiger partial charge in [0.1, 0.15) is 5.75 Å². The van der Waals surface area contributed by atoms with Crippen molar-refractivity contribution in [3.63, 3.8) is 0 Å². The number of anilines is 1. The minimum atomic E-state index is -3.74. The van der Waals surface area contributed by atoms with Crippen molar-refractivity contribution in [2.75, 3.05) is 11.3 Å². The van der Waals surface area contributed by atoms with Gasteiger partial charge in [-0.2, -0.15) is 5.10 Å². The molecule has 30 heavy (non-hydrogen) atoms. The van der Waals surface area contributed by atoms with Crippen LogP contribution >= 0.6 is 0 Å². The highest BCUT2D eigenvalue weighted by molar-refractivity contribution is 7.92. The molecule has 0 aliphatic heterocycles. The first kappa shape index (κ1) is 21.6. The summed E-state index contributed by atoms with van der Waals surface area (Å²) in [6.07, 6.45) is 9.02. The van der Waals surface area contributed by atoms with Crippen LogP contribution in [-0.2, 0) is 10.0 Å². The van der Waals surface area contributed by atoms with Crippen LogP contribution in [0.25, 0.3) is 0 Å². The van der Waals surface area contributed by atoms with E-state index in [0.29, 0.717) is 29.5 Å². The zero-order valence-corrected chi connectivity index (χ0v) is 17.6. The second-order valence-corrected chi connectivity index (χ2v) is 8.53. The van der Waals surface area contributed by atoms with Crippen molar-refractivity contribution < 1.29 is 17.9 Å². The maximum absolute atomic E-state index is 12.5. The summed E-state index contributed by atoms with van der Waals surface area (Å²) in [6.45, 7) is 2.37. The Morgan fingerprint density at radius 1 is 1.13 bits per heavy atom. The number of sulfonamides is 1. The molecule has 1 aliphatic carbocycles. The molecule has 158 valence electrons. The van der Waals surface area contributed by atoms with E-state index in [1.54, 1.807) is 30.5 Å². The van der Waals surface area contributed by atoms with E-state index in [0.717, 1.165) is 19.3 Å². The fourth-order valence-electron chi connectivity index (χ4n) is 3.00. The molecular weight excluding hydrogens is 402 g/mol. The molecule has 0 saturated carbocycles. The third-order valence-corrected chi connectivity index (χ3v) is 6.00. The van der Waals surface area contributed by atoms with Gasteiger partial charge in [0.25, 0.3) is 15.9 Å². The van der Waals surface area contributed by atoms with Crippen molar-refractivity contribution in [1.29, 1.82) is 0 Å². The van der Waals surface area contributed by atoms with Gasteiger partial charge >= 0.3 is 0 Å². The van der Waals surface area contributed by atoms with Crippen LogP contribution in [0.3, 0.4) is 0 Å². The molecule has 0 saturated heterocycles. The van der Waals surface area contributed by atoms with Crippen LogP contribution in [0, 0.1) is 5.92 Å². The Balaban J connectivity index is 1.58. The number of hydrogen-bond donors (Lipinski definition) is 2. The van der Waals surface area contributed by atoms with Gasteiger partial charge in [0.05, 0.1) is 11.5 Å². The van der Waals surface area contributed by atoms with E-state index in [1.807, 2.05) is 6.92 Å². The van der Waals surface area contributed by atoms with E-state index in [4.69, 9.17) is 4.74 Å². The Bertz CT molecular complexity index is 1010. The number of ether oxygens (including phenoxy) is 1. The van der Waals surface area contributed by atoms with Crippen molar-refractivity contribution in [2.45, 2.75) is 31.1 Å². The van der Waals surface area contributed by atoms with E-state index in [-0.39, 0.29) is 10.8 Å². The lowest BCUT2D eigenvalue weighted by atomic mass is 9.96. The minimum absolute atomic E-state index is 0.125. The number of allylic oxidation sites excluding steroid dienone is 2. The topological polar surface area (TPSA) is 96.9 Å². The average molecular weight is 428 g/mol. The Hall–Kier alpha value is -3.13. The highest BCUT2D eigenvalue weighted by Gasteiger charge is 2.15. The van der Waals surface area contributed by atoms with Gasteiger partial charge in [-0.3, -0.25) is 9.52 Å². The number of rotatable bonds is 8.